The molecule has 0 bridgehead atoms. The van der Waals surface area contributed by atoms with Gasteiger partial charge in [0.15, 0.2) is 0 Å². The van der Waals surface area contributed by atoms with Crippen LogP contribution in [0.15, 0.2) is 40.1 Å². The first-order valence-electron chi connectivity index (χ1n) is 9.92. The standard InChI is InChI=1S/C21H28N4O2/c1-23-20(26)18(15-22-21(23)27)8-9-24-10-12-25(13-11-24)19-7-6-16-4-2-3-5-17(16)14-19/h2-5,15,19H,6-14H2,1H3,(H,22,27). The fourth-order valence-electron chi connectivity index (χ4n) is 4.42. The SMILES string of the molecule is Cn1c(=O)[nH]cc(CCN2CCN(C3CCc4ccccc4C3)CC2)c1=O. The molecular weight excluding hydrogens is 340 g/mol. The Morgan fingerprint density at radius 1 is 1.07 bits per heavy atom. The van der Waals surface area contributed by atoms with Gasteiger partial charge in [-0.25, -0.2) is 4.79 Å². The Bertz CT molecular complexity index is 909. The summed E-state index contributed by atoms with van der Waals surface area (Å²) in [5.74, 6) is 0. The summed E-state index contributed by atoms with van der Waals surface area (Å²) in [7, 11) is 1.52. The molecule has 1 fully saturated rings. The second kappa shape index (κ2) is 7.82. The van der Waals surface area contributed by atoms with E-state index in [0.717, 1.165) is 37.3 Å². The van der Waals surface area contributed by atoms with Crippen molar-refractivity contribution in [2.24, 2.45) is 7.05 Å². The van der Waals surface area contributed by atoms with Crippen molar-refractivity contribution in [2.45, 2.75) is 31.7 Å². The van der Waals surface area contributed by atoms with Crippen molar-refractivity contribution >= 4 is 0 Å². The maximum absolute atomic E-state index is 12.1. The Hall–Kier alpha value is -2.18. The van der Waals surface area contributed by atoms with Gasteiger partial charge in [-0.05, 0) is 36.8 Å². The number of aromatic nitrogens is 2. The molecule has 1 saturated heterocycles. The molecule has 1 atom stereocenters. The maximum Gasteiger partial charge on any atom is 0.328 e. The van der Waals surface area contributed by atoms with Gasteiger partial charge in [0, 0.05) is 57.6 Å². The van der Waals surface area contributed by atoms with Crippen molar-refractivity contribution in [3.63, 3.8) is 0 Å². The first kappa shape index (κ1) is 18.2. The third kappa shape index (κ3) is 3.92. The van der Waals surface area contributed by atoms with Gasteiger partial charge in [-0.15, -0.1) is 0 Å². The summed E-state index contributed by atoms with van der Waals surface area (Å²) in [5.41, 5.74) is 3.19. The molecule has 0 saturated carbocycles. The highest BCUT2D eigenvalue weighted by Crippen LogP contribution is 2.25. The number of aromatic amines is 1. The van der Waals surface area contributed by atoms with Crippen LogP contribution in [-0.2, 0) is 26.3 Å². The van der Waals surface area contributed by atoms with Crippen LogP contribution in [0, 0.1) is 0 Å². The number of rotatable bonds is 4. The molecule has 1 aromatic carbocycles. The van der Waals surface area contributed by atoms with E-state index in [-0.39, 0.29) is 11.2 Å². The zero-order valence-electron chi connectivity index (χ0n) is 16.0. The molecule has 1 unspecified atom stereocenters. The van der Waals surface area contributed by atoms with E-state index < -0.39 is 0 Å². The quantitative estimate of drug-likeness (QED) is 0.867. The minimum Gasteiger partial charge on any atom is -0.314 e. The molecule has 4 rings (SSSR count). The lowest BCUT2D eigenvalue weighted by Gasteiger charge is -2.41. The van der Waals surface area contributed by atoms with Crippen LogP contribution in [0.3, 0.4) is 0 Å². The number of H-pyrrole nitrogens is 1. The lowest BCUT2D eigenvalue weighted by atomic mass is 9.87. The third-order valence-corrected chi connectivity index (χ3v) is 6.20. The first-order valence-corrected chi connectivity index (χ1v) is 9.92. The zero-order chi connectivity index (χ0) is 18.8. The summed E-state index contributed by atoms with van der Waals surface area (Å²) < 4.78 is 1.15. The molecule has 1 aromatic heterocycles. The van der Waals surface area contributed by atoms with Gasteiger partial charge in [0.1, 0.15) is 0 Å². The van der Waals surface area contributed by atoms with Crippen molar-refractivity contribution in [3.8, 4) is 0 Å². The highest BCUT2D eigenvalue weighted by molar-refractivity contribution is 5.30. The lowest BCUT2D eigenvalue weighted by Crippen LogP contribution is -2.52. The van der Waals surface area contributed by atoms with Crippen molar-refractivity contribution in [1.29, 1.82) is 0 Å². The minimum absolute atomic E-state index is 0.182. The smallest absolute Gasteiger partial charge is 0.314 e. The van der Waals surface area contributed by atoms with E-state index >= 15 is 0 Å². The molecule has 1 N–H and O–H groups in total. The predicted octanol–water partition coefficient (Wildman–Crippen LogP) is 0.791. The van der Waals surface area contributed by atoms with Gasteiger partial charge >= 0.3 is 5.69 Å². The molecule has 0 amide bonds. The summed E-state index contributed by atoms with van der Waals surface area (Å²) in [6.45, 7) is 5.14. The van der Waals surface area contributed by atoms with Crippen LogP contribution in [0.1, 0.15) is 23.1 Å². The average Bonchev–Trinajstić information content (AvgIpc) is 2.71. The van der Waals surface area contributed by atoms with Crippen LogP contribution < -0.4 is 11.2 Å². The molecule has 0 spiro atoms. The minimum atomic E-state index is -0.355. The zero-order valence-corrected chi connectivity index (χ0v) is 16.0. The molecule has 0 radical (unpaired) electrons. The highest BCUT2D eigenvalue weighted by atomic mass is 16.2. The van der Waals surface area contributed by atoms with E-state index in [1.165, 1.54) is 37.4 Å². The topological polar surface area (TPSA) is 61.3 Å². The molecule has 2 aromatic rings. The summed E-state index contributed by atoms with van der Waals surface area (Å²) in [4.78, 5) is 31.3. The van der Waals surface area contributed by atoms with Gasteiger partial charge < -0.3 is 9.88 Å². The van der Waals surface area contributed by atoms with E-state index in [0.29, 0.717) is 18.0 Å². The van der Waals surface area contributed by atoms with Gasteiger partial charge in [0.05, 0.1) is 0 Å². The number of fused-ring (bicyclic) bond motifs is 1. The van der Waals surface area contributed by atoms with Crippen molar-refractivity contribution in [3.05, 3.63) is 68.0 Å². The van der Waals surface area contributed by atoms with Crippen molar-refractivity contribution in [2.75, 3.05) is 32.7 Å². The molecule has 1 aliphatic heterocycles. The number of aryl methyl sites for hydroxylation is 1. The Morgan fingerprint density at radius 3 is 2.59 bits per heavy atom. The summed E-state index contributed by atoms with van der Waals surface area (Å²) in [5, 5.41) is 0. The number of nitrogens with zero attached hydrogens (tertiary/aromatic N) is 3. The van der Waals surface area contributed by atoms with Crippen molar-refractivity contribution in [1.82, 2.24) is 19.4 Å². The normalized spacial score (nSPS) is 21.1. The molecule has 27 heavy (non-hydrogen) atoms. The van der Waals surface area contributed by atoms with E-state index in [2.05, 4.69) is 39.0 Å². The molecule has 2 heterocycles. The van der Waals surface area contributed by atoms with Gasteiger partial charge in [-0.2, -0.15) is 0 Å². The van der Waals surface area contributed by atoms with E-state index in [1.54, 1.807) is 6.20 Å². The highest BCUT2D eigenvalue weighted by Gasteiger charge is 2.27. The molecule has 1 aliphatic carbocycles. The number of hydrogen-bond acceptors (Lipinski definition) is 4. The van der Waals surface area contributed by atoms with E-state index in [9.17, 15) is 9.59 Å². The van der Waals surface area contributed by atoms with Crippen LogP contribution in [0.4, 0.5) is 0 Å². The molecule has 6 heteroatoms. The lowest BCUT2D eigenvalue weighted by molar-refractivity contribution is 0.0901. The van der Waals surface area contributed by atoms with Crippen molar-refractivity contribution < 1.29 is 0 Å². The van der Waals surface area contributed by atoms with E-state index in [1.807, 2.05) is 0 Å². The summed E-state index contributed by atoms with van der Waals surface area (Å²) in [6.07, 6.45) is 5.87. The average molecular weight is 368 g/mol. The summed E-state index contributed by atoms with van der Waals surface area (Å²) >= 11 is 0. The third-order valence-electron chi connectivity index (χ3n) is 6.20. The predicted molar refractivity (Wildman–Crippen MR) is 106 cm³/mol. The molecular formula is C21H28N4O2. The number of nitrogens with one attached hydrogen (secondary N) is 1. The largest absolute Gasteiger partial charge is 0.328 e. The van der Waals surface area contributed by atoms with Crippen LogP contribution in [0.2, 0.25) is 0 Å². The Kier molecular flexibility index (Phi) is 5.27. The van der Waals surface area contributed by atoms with Crippen LogP contribution >= 0.6 is 0 Å². The first-order chi connectivity index (χ1) is 13.1. The number of piperazine rings is 1. The number of hydrogen-bond donors (Lipinski definition) is 1. The second-order valence-corrected chi connectivity index (χ2v) is 7.78. The Labute approximate surface area is 159 Å². The maximum atomic E-state index is 12.1. The van der Waals surface area contributed by atoms with Gasteiger partial charge in [0.25, 0.3) is 5.56 Å². The van der Waals surface area contributed by atoms with Crippen LogP contribution in [0.5, 0.6) is 0 Å². The number of benzene rings is 1. The van der Waals surface area contributed by atoms with Gasteiger partial charge in [0.2, 0.25) is 0 Å². The fraction of sp³-hybridized carbons (Fsp3) is 0.524. The monoisotopic (exact) mass is 368 g/mol. The molecule has 144 valence electrons. The second-order valence-electron chi connectivity index (χ2n) is 7.78. The van der Waals surface area contributed by atoms with Gasteiger partial charge in [-0.1, -0.05) is 24.3 Å². The Morgan fingerprint density at radius 2 is 1.81 bits per heavy atom. The summed E-state index contributed by atoms with van der Waals surface area (Å²) in [6, 6.07) is 9.51. The van der Waals surface area contributed by atoms with Crippen LogP contribution in [0.25, 0.3) is 0 Å². The van der Waals surface area contributed by atoms with E-state index in [4.69, 9.17) is 0 Å². The Balaban J connectivity index is 1.29. The molecule has 6 nitrogen and oxygen atoms in total. The van der Waals surface area contributed by atoms with Gasteiger partial charge in [-0.3, -0.25) is 14.3 Å². The fourth-order valence-corrected chi connectivity index (χ4v) is 4.42. The van der Waals surface area contributed by atoms with Crippen LogP contribution in [-0.4, -0.2) is 58.1 Å². The molecule has 2 aliphatic rings.